The zero-order valence-electron chi connectivity index (χ0n) is 12.7. The number of aliphatic hydroxyl groups excluding tert-OH is 1. The molecule has 0 heterocycles. The monoisotopic (exact) mass is 277 g/mol. The van der Waals surface area contributed by atoms with Gasteiger partial charge >= 0.3 is 0 Å². The van der Waals surface area contributed by atoms with Gasteiger partial charge in [0.2, 0.25) is 0 Å². The van der Waals surface area contributed by atoms with Gasteiger partial charge < -0.3 is 15.2 Å². The summed E-state index contributed by atoms with van der Waals surface area (Å²) in [5.74, 6) is 0.903. The molecule has 0 aromatic heterocycles. The molecule has 112 valence electrons. The Kier molecular flexibility index (Phi) is 5.86. The molecule has 0 saturated heterocycles. The number of rotatable bonds is 5. The van der Waals surface area contributed by atoms with Crippen LogP contribution in [0.25, 0.3) is 0 Å². The number of hydrogen-bond acceptors (Lipinski definition) is 3. The zero-order chi connectivity index (χ0) is 14.4. The van der Waals surface area contributed by atoms with Crippen LogP contribution in [0.3, 0.4) is 0 Å². The molecule has 0 radical (unpaired) electrons. The average Bonchev–Trinajstić information content (AvgIpc) is 2.73. The van der Waals surface area contributed by atoms with Crippen LogP contribution in [0.15, 0.2) is 18.2 Å². The molecule has 2 rings (SSSR count). The lowest BCUT2D eigenvalue weighted by Crippen LogP contribution is -2.34. The van der Waals surface area contributed by atoms with Crippen molar-refractivity contribution in [2.24, 2.45) is 0 Å². The van der Waals surface area contributed by atoms with Crippen molar-refractivity contribution in [2.75, 3.05) is 13.7 Å². The van der Waals surface area contributed by atoms with Crippen LogP contribution in [0.1, 0.15) is 55.7 Å². The van der Waals surface area contributed by atoms with Gasteiger partial charge in [-0.05, 0) is 37.0 Å². The first-order valence-corrected chi connectivity index (χ1v) is 7.76. The predicted molar refractivity (Wildman–Crippen MR) is 82.2 cm³/mol. The number of aryl methyl sites for hydroxylation is 1. The van der Waals surface area contributed by atoms with Gasteiger partial charge in [0.15, 0.2) is 0 Å². The maximum absolute atomic E-state index is 9.70. The Morgan fingerprint density at radius 2 is 1.95 bits per heavy atom. The molecule has 1 aromatic rings. The maximum atomic E-state index is 9.70. The fourth-order valence-corrected chi connectivity index (χ4v) is 3.10. The van der Waals surface area contributed by atoms with E-state index in [0.717, 1.165) is 16.9 Å². The van der Waals surface area contributed by atoms with Crippen molar-refractivity contribution in [1.29, 1.82) is 0 Å². The molecule has 0 bridgehead atoms. The van der Waals surface area contributed by atoms with E-state index in [-0.39, 0.29) is 12.6 Å². The number of benzene rings is 1. The predicted octanol–water partition coefficient (Wildman–Crippen LogP) is 3.35. The van der Waals surface area contributed by atoms with Gasteiger partial charge in [0.1, 0.15) is 5.75 Å². The molecule has 1 fully saturated rings. The number of methoxy groups -OCH3 is 1. The third kappa shape index (κ3) is 3.97. The van der Waals surface area contributed by atoms with Crippen LogP contribution < -0.4 is 10.1 Å². The lowest BCUT2D eigenvalue weighted by atomic mass is 10.0. The van der Waals surface area contributed by atoms with E-state index in [1.807, 2.05) is 13.0 Å². The van der Waals surface area contributed by atoms with Gasteiger partial charge in [-0.15, -0.1) is 0 Å². The molecule has 1 aliphatic rings. The molecule has 1 unspecified atom stereocenters. The molecule has 0 amide bonds. The van der Waals surface area contributed by atoms with Crippen molar-refractivity contribution in [1.82, 2.24) is 5.32 Å². The minimum absolute atomic E-state index is 0.0303. The maximum Gasteiger partial charge on any atom is 0.121 e. The van der Waals surface area contributed by atoms with Gasteiger partial charge in [-0.25, -0.2) is 0 Å². The van der Waals surface area contributed by atoms with E-state index >= 15 is 0 Å². The van der Waals surface area contributed by atoms with Crippen LogP contribution in [-0.4, -0.2) is 24.9 Å². The van der Waals surface area contributed by atoms with Crippen LogP contribution in [0.4, 0.5) is 0 Å². The van der Waals surface area contributed by atoms with E-state index in [4.69, 9.17) is 4.74 Å². The van der Waals surface area contributed by atoms with Gasteiger partial charge in [-0.1, -0.05) is 37.8 Å². The Hall–Kier alpha value is -1.06. The Labute approximate surface area is 122 Å². The van der Waals surface area contributed by atoms with Crippen LogP contribution in [-0.2, 0) is 0 Å². The highest BCUT2D eigenvalue weighted by Crippen LogP contribution is 2.25. The summed E-state index contributed by atoms with van der Waals surface area (Å²) < 4.78 is 5.30. The Bertz CT molecular complexity index is 411. The fourth-order valence-electron chi connectivity index (χ4n) is 3.10. The molecule has 0 spiro atoms. The van der Waals surface area contributed by atoms with Crippen LogP contribution in [0.2, 0.25) is 0 Å². The lowest BCUT2D eigenvalue weighted by Gasteiger charge is -2.24. The second kappa shape index (κ2) is 7.65. The second-order valence-corrected chi connectivity index (χ2v) is 5.82. The van der Waals surface area contributed by atoms with Gasteiger partial charge in [0.25, 0.3) is 0 Å². The quantitative estimate of drug-likeness (QED) is 0.811. The van der Waals surface area contributed by atoms with Gasteiger partial charge in [-0.3, -0.25) is 0 Å². The summed E-state index contributed by atoms with van der Waals surface area (Å²) in [5.41, 5.74) is 2.26. The Morgan fingerprint density at radius 3 is 2.50 bits per heavy atom. The highest BCUT2D eigenvalue weighted by Gasteiger charge is 2.18. The first-order chi connectivity index (χ1) is 9.74. The first kappa shape index (κ1) is 15.3. The molecule has 1 atom stereocenters. The molecule has 3 heteroatoms. The van der Waals surface area contributed by atoms with Crippen molar-refractivity contribution in [3.05, 3.63) is 29.3 Å². The van der Waals surface area contributed by atoms with E-state index in [0.29, 0.717) is 6.04 Å². The first-order valence-electron chi connectivity index (χ1n) is 7.76. The van der Waals surface area contributed by atoms with Crippen molar-refractivity contribution in [3.63, 3.8) is 0 Å². The third-order valence-electron chi connectivity index (χ3n) is 4.30. The number of nitrogens with one attached hydrogen (secondary N) is 1. The van der Waals surface area contributed by atoms with Crippen LogP contribution in [0.5, 0.6) is 5.75 Å². The van der Waals surface area contributed by atoms with Crippen molar-refractivity contribution >= 4 is 0 Å². The summed E-state index contributed by atoms with van der Waals surface area (Å²) in [6.07, 6.45) is 7.76. The number of hydrogen-bond donors (Lipinski definition) is 2. The molecule has 1 aromatic carbocycles. The highest BCUT2D eigenvalue weighted by molar-refractivity contribution is 5.37. The molecular weight excluding hydrogens is 250 g/mol. The summed E-state index contributed by atoms with van der Waals surface area (Å²) in [7, 11) is 1.69. The Morgan fingerprint density at radius 1 is 1.25 bits per heavy atom. The zero-order valence-corrected chi connectivity index (χ0v) is 12.7. The third-order valence-corrected chi connectivity index (χ3v) is 4.30. The standard InChI is InChI=1S/C17H27NO2/c1-13-11-14(9-10-17(13)20-2)16(12-19)18-15-7-5-3-4-6-8-15/h9-11,15-16,18-19H,3-8,12H2,1-2H3. The summed E-state index contributed by atoms with van der Waals surface area (Å²) >= 11 is 0. The SMILES string of the molecule is COc1ccc(C(CO)NC2CCCCCC2)cc1C. The van der Waals surface area contributed by atoms with Gasteiger partial charge in [-0.2, -0.15) is 0 Å². The second-order valence-electron chi connectivity index (χ2n) is 5.82. The minimum Gasteiger partial charge on any atom is -0.496 e. The van der Waals surface area contributed by atoms with Gasteiger partial charge in [0, 0.05) is 6.04 Å². The summed E-state index contributed by atoms with van der Waals surface area (Å²) in [6.45, 7) is 2.19. The van der Waals surface area contributed by atoms with E-state index in [1.165, 1.54) is 38.5 Å². The number of aliphatic hydroxyl groups is 1. The van der Waals surface area contributed by atoms with Gasteiger partial charge in [0.05, 0.1) is 19.8 Å². The van der Waals surface area contributed by atoms with Crippen molar-refractivity contribution in [2.45, 2.75) is 57.5 Å². The van der Waals surface area contributed by atoms with E-state index in [2.05, 4.69) is 17.4 Å². The van der Waals surface area contributed by atoms with Crippen LogP contribution in [0, 0.1) is 6.92 Å². The minimum atomic E-state index is 0.0303. The van der Waals surface area contributed by atoms with E-state index in [1.54, 1.807) is 7.11 Å². The molecule has 20 heavy (non-hydrogen) atoms. The van der Waals surface area contributed by atoms with Crippen molar-refractivity contribution < 1.29 is 9.84 Å². The molecule has 1 aliphatic carbocycles. The van der Waals surface area contributed by atoms with Crippen molar-refractivity contribution in [3.8, 4) is 5.75 Å². The molecule has 1 saturated carbocycles. The number of ether oxygens (including phenoxy) is 1. The fraction of sp³-hybridized carbons (Fsp3) is 0.647. The van der Waals surface area contributed by atoms with E-state index in [9.17, 15) is 5.11 Å². The largest absolute Gasteiger partial charge is 0.496 e. The summed E-state index contributed by atoms with van der Waals surface area (Å²) in [5, 5.41) is 13.3. The molecule has 0 aliphatic heterocycles. The molecular formula is C17H27NO2. The normalized spacial score (nSPS) is 18.6. The highest BCUT2D eigenvalue weighted by atomic mass is 16.5. The van der Waals surface area contributed by atoms with E-state index < -0.39 is 0 Å². The Balaban J connectivity index is 2.05. The summed E-state index contributed by atoms with van der Waals surface area (Å²) in [4.78, 5) is 0. The topological polar surface area (TPSA) is 41.5 Å². The lowest BCUT2D eigenvalue weighted by molar-refractivity contribution is 0.228. The smallest absolute Gasteiger partial charge is 0.121 e. The van der Waals surface area contributed by atoms with Crippen LogP contribution >= 0.6 is 0 Å². The molecule has 2 N–H and O–H groups in total. The summed E-state index contributed by atoms with van der Waals surface area (Å²) in [6, 6.07) is 6.72. The average molecular weight is 277 g/mol. The molecule has 3 nitrogen and oxygen atoms in total.